The van der Waals surface area contributed by atoms with Crippen LogP contribution < -0.4 is 5.32 Å². The van der Waals surface area contributed by atoms with Gasteiger partial charge in [-0.05, 0) is 30.2 Å². The van der Waals surface area contributed by atoms with Gasteiger partial charge in [0.25, 0.3) is 0 Å². The molecule has 1 fully saturated rings. The van der Waals surface area contributed by atoms with Gasteiger partial charge in [-0.3, -0.25) is 10.1 Å². The quantitative estimate of drug-likeness (QED) is 0.423. The molecule has 4 aromatic rings. The Balaban J connectivity index is 1.26. The number of nitrogens with zero attached hydrogens (tertiary/aromatic N) is 3. The fourth-order valence-electron chi connectivity index (χ4n) is 2.94. The fraction of sp³-hybridized carbons (Fsp3) is 0.190. The van der Waals surface area contributed by atoms with Crippen LogP contribution in [0, 0.1) is 11.8 Å². The zero-order valence-electron chi connectivity index (χ0n) is 16.3. The monoisotopic (exact) mass is 466 g/mol. The first-order valence-corrected chi connectivity index (χ1v) is 11.1. The third-order valence-electron chi connectivity index (χ3n) is 4.85. The van der Waals surface area contributed by atoms with E-state index in [2.05, 4.69) is 32.3 Å². The summed E-state index contributed by atoms with van der Waals surface area (Å²) < 4.78 is 11.1. The molecule has 160 valence electrons. The molecule has 11 heteroatoms. The lowest BCUT2D eigenvalue weighted by Crippen LogP contribution is -2.18. The fourth-order valence-corrected chi connectivity index (χ4v) is 5.15. The van der Waals surface area contributed by atoms with Crippen molar-refractivity contribution >= 4 is 50.1 Å². The van der Waals surface area contributed by atoms with Gasteiger partial charge in [0.2, 0.25) is 5.76 Å². The highest BCUT2D eigenvalue weighted by Gasteiger charge is 2.54. The molecule has 0 spiro atoms. The number of carbonyl (C=O) groups excluding carboxylic acids is 1. The first-order valence-electron chi connectivity index (χ1n) is 9.49. The van der Waals surface area contributed by atoms with Gasteiger partial charge in [-0.2, -0.15) is 0 Å². The van der Waals surface area contributed by atoms with Crippen LogP contribution in [0.2, 0.25) is 0 Å². The summed E-state index contributed by atoms with van der Waals surface area (Å²) in [7, 11) is 0. The van der Waals surface area contributed by atoms with Crippen molar-refractivity contribution in [1.29, 1.82) is 0 Å². The summed E-state index contributed by atoms with van der Waals surface area (Å²) in [5.74, 6) is 4.99. The zero-order chi connectivity index (χ0) is 22.1. The topological polar surface area (TPSA) is 127 Å². The van der Waals surface area contributed by atoms with E-state index >= 15 is 0 Å². The molecule has 5 rings (SSSR count). The van der Waals surface area contributed by atoms with Gasteiger partial charge in [-0.1, -0.05) is 46.8 Å². The Morgan fingerprint density at radius 2 is 2.00 bits per heavy atom. The molecule has 2 N–H and O–H groups in total. The molecule has 1 saturated carbocycles. The van der Waals surface area contributed by atoms with E-state index in [1.807, 2.05) is 30.3 Å². The predicted octanol–water partition coefficient (Wildman–Crippen LogP) is 4.01. The summed E-state index contributed by atoms with van der Waals surface area (Å²) in [4.78, 5) is 32.3. The molecule has 1 aromatic carbocycles. The molecule has 0 bridgehead atoms. The van der Waals surface area contributed by atoms with Crippen molar-refractivity contribution < 1.29 is 24.0 Å². The first-order chi connectivity index (χ1) is 15.5. The molecule has 3 heterocycles. The Kier molecular flexibility index (Phi) is 5.08. The molecule has 0 atom stereocenters. The van der Waals surface area contributed by atoms with Gasteiger partial charge in [-0.15, -0.1) is 11.3 Å². The van der Waals surface area contributed by atoms with Crippen LogP contribution in [0.1, 0.15) is 34.2 Å². The molecule has 1 aliphatic rings. The summed E-state index contributed by atoms with van der Waals surface area (Å²) in [6, 6.07) is 9.31. The minimum atomic E-state index is -0.841. The van der Waals surface area contributed by atoms with E-state index in [0.717, 1.165) is 9.58 Å². The van der Waals surface area contributed by atoms with Gasteiger partial charge < -0.3 is 14.4 Å². The Bertz CT molecular complexity index is 1340. The number of hydrogen-bond donors (Lipinski definition) is 2. The van der Waals surface area contributed by atoms with Crippen molar-refractivity contribution in [1.82, 2.24) is 15.1 Å². The lowest BCUT2D eigenvalue weighted by atomic mass is 10.1. The Labute approximate surface area is 189 Å². The number of fused-ring (bicyclic) bond motifs is 1. The van der Waals surface area contributed by atoms with Crippen LogP contribution in [0.3, 0.4) is 0 Å². The molecule has 1 aliphatic carbocycles. The van der Waals surface area contributed by atoms with E-state index in [4.69, 9.17) is 9.26 Å². The van der Waals surface area contributed by atoms with E-state index < -0.39 is 17.5 Å². The minimum absolute atomic E-state index is 0.132. The predicted molar refractivity (Wildman–Crippen MR) is 117 cm³/mol. The third-order valence-corrected chi connectivity index (χ3v) is 7.15. The molecule has 0 saturated heterocycles. The summed E-state index contributed by atoms with van der Waals surface area (Å²) in [5.41, 5.74) is 0.801. The average molecular weight is 467 g/mol. The van der Waals surface area contributed by atoms with Gasteiger partial charge in [0.1, 0.15) is 26.7 Å². The number of carboxylic acids is 1. The summed E-state index contributed by atoms with van der Waals surface area (Å²) in [6.45, 7) is 0.132. The molecule has 0 unspecified atom stereocenters. The highest BCUT2D eigenvalue weighted by molar-refractivity contribution is 7.38. The molecule has 9 nitrogen and oxygen atoms in total. The van der Waals surface area contributed by atoms with Crippen LogP contribution in [0.15, 0.2) is 41.1 Å². The number of aromatic nitrogens is 3. The molecule has 32 heavy (non-hydrogen) atoms. The normalized spacial score (nSPS) is 13.9. The minimum Gasteiger partial charge on any atom is -0.481 e. The van der Waals surface area contributed by atoms with E-state index in [1.54, 1.807) is 0 Å². The lowest BCUT2D eigenvalue weighted by molar-refractivity contribution is -0.140. The second kappa shape index (κ2) is 8.07. The maximum absolute atomic E-state index is 12.0. The van der Waals surface area contributed by atoms with Crippen LogP contribution in [0.25, 0.3) is 9.66 Å². The Hall–Kier alpha value is -3.75. The molecule has 3 aromatic heterocycles. The number of ether oxygens (including phenoxy) is 1. The van der Waals surface area contributed by atoms with E-state index in [-0.39, 0.29) is 18.1 Å². The number of anilines is 1. The van der Waals surface area contributed by atoms with Gasteiger partial charge >= 0.3 is 12.1 Å². The SMILES string of the molecule is O=C(Nc1cnoc1C#Cc1nc2nc(C3(C(=O)O)CC3)sc2s1)OCc1ccccc1. The zero-order valence-corrected chi connectivity index (χ0v) is 18.0. The number of amides is 1. The number of aliphatic carboxylic acids is 1. The van der Waals surface area contributed by atoms with E-state index in [1.165, 1.54) is 28.9 Å². The summed E-state index contributed by atoms with van der Waals surface area (Å²) in [6.07, 6.45) is 1.89. The molecular formula is C21H14N4O5S2. The van der Waals surface area contributed by atoms with Crippen molar-refractivity contribution in [2.75, 3.05) is 5.32 Å². The maximum Gasteiger partial charge on any atom is 0.412 e. The van der Waals surface area contributed by atoms with Crippen LogP contribution in [-0.2, 0) is 21.6 Å². The third kappa shape index (κ3) is 3.93. The molecular weight excluding hydrogens is 452 g/mol. The Morgan fingerprint density at radius 3 is 2.72 bits per heavy atom. The largest absolute Gasteiger partial charge is 0.481 e. The second-order valence-electron chi connectivity index (χ2n) is 7.04. The average Bonchev–Trinajstić information content (AvgIpc) is 3.11. The molecule has 0 radical (unpaired) electrons. The van der Waals surface area contributed by atoms with Gasteiger partial charge in [0.05, 0.1) is 6.20 Å². The Morgan fingerprint density at radius 1 is 1.19 bits per heavy atom. The maximum atomic E-state index is 12.0. The van der Waals surface area contributed by atoms with Crippen LogP contribution >= 0.6 is 22.7 Å². The van der Waals surface area contributed by atoms with Crippen molar-refractivity contribution in [3.63, 3.8) is 0 Å². The second-order valence-corrected chi connectivity index (χ2v) is 9.30. The number of thiazole rings is 2. The summed E-state index contributed by atoms with van der Waals surface area (Å²) in [5, 5.41) is 16.7. The van der Waals surface area contributed by atoms with Crippen molar-refractivity contribution in [2.45, 2.75) is 24.9 Å². The highest BCUT2D eigenvalue weighted by atomic mass is 32.2. The first kappa shape index (κ1) is 20.2. The summed E-state index contributed by atoms with van der Waals surface area (Å²) >= 11 is 2.67. The van der Waals surface area contributed by atoms with Gasteiger partial charge in [0, 0.05) is 0 Å². The number of carboxylic acid groups (broad SMARTS) is 1. The van der Waals surface area contributed by atoms with Gasteiger partial charge in [0.15, 0.2) is 10.7 Å². The molecule has 1 amide bonds. The van der Waals surface area contributed by atoms with Crippen molar-refractivity contribution in [2.24, 2.45) is 0 Å². The van der Waals surface area contributed by atoms with Crippen LogP contribution in [0.4, 0.5) is 10.5 Å². The standard InChI is InChI=1S/C21H14N4O5S2/c26-19(27)21(8-9-21)18-25-16-17(32-18)31-15(24-16)7-6-14-13(10-22-30-14)23-20(28)29-11-12-4-2-1-3-5-12/h1-5,10H,8-9,11H2,(H,23,28)(H,26,27). The molecule has 0 aliphatic heterocycles. The van der Waals surface area contributed by atoms with Crippen molar-refractivity contribution in [3.8, 4) is 11.8 Å². The number of nitrogens with one attached hydrogen (secondary N) is 1. The van der Waals surface area contributed by atoms with Crippen LogP contribution in [0.5, 0.6) is 0 Å². The smallest absolute Gasteiger partial charge is 0.412 e. The highest BCUT2D eigenvalue weighted by Crippen LogP contribution is 2.51. The van der Waals surface area contributed by atoms with Crippen molar-refractivity contribution in [3.05, 3.63) is 57.9 Å². The number of hydrogen-bond acceptors (Lipinski definition) is 9. The number of benzene rings is 1. The number of rotatable bonds is 5. The van der Waals surface area contributed by atoms with Gasteiger partial charge in [-0.25, -0.2) is 14.8 Å². The number of carbonyl (C=O) groups is 2. The van der Waals surface area contributed by atoms with E-state index in [0.29, 0.717) is 28.5 Å². The van der Waals surface area contributed by atoms with Crippen LogP contribution in [-0.4, -0.2) is 32.3 Å². The lowest BCUT2D eigenvalue weighted by Gasteiger charge is -2.05. The van der Waals surface area contributed by atoms with E-state index in [9.17, 15) is 14.7 Å².